The van der Waals surface area contributed by atoms with Gasteiger partial charge in [0.15, 0.2) is 0 Å². The molecule has 0 fully saturated rings. The fourth-order valence-corrected chi connectivity index (χ4v) is 2.84. The van der Waals surface area contributed by atoms with Crippen LogP contribution < -0.4 is 10.5 Å². The van der Waals surface area contributed by atoms with Crippen LogP contribution in [0.1, 0.15) is 0 Å². The highest BCUT2D eigenvalue weighted by molar-refractivity contribution is 7.86. The number of nitrogens with one attached hydrogen (secondary N) is 2. The largest absolute Gasteiger partial charge is 0.437 e. The first-order valence-corrected chi connectivity index (χ1v) is 7.98. The smallest absolute Gasteiger partial charge is 0.373 e. The Balaban J connectivity index is 2.30. The van der Waals surface area contributed by atoms with Gasteiger partial charge in [0.05, 0.1) is 0 Å². The summed E-state index contributed by atoms with van der Waals surface area (Å²) in [5, 5.41) is 16.3. The third-order valence-electron chi connectivity index (χ3n) is 3.04. The van der Waals surface area contributed by atoms with E-state index >= 15 is 0 Å². The van der Waals surface area contributed by atoms with Crippen molar-refractivity contribution in [1.82, 2.24) is 5.23 Å². The lowest BCUT2D eigenvalue weighted by Crippen LogP contribution is -2.34. The zero-order chi connectivity index (χ0) is 15.5. The van der Waals surface area contributed by atoms with E-state index < -0.39 is 17.2 Å². The van der Waals surface area contributed by atoms with Crippen LogP contribution >= 0.6 is 0 Å². The molecule has 4 N–H and O–H groups in total. The normalized spacial score (nSPS) is 11.6. The van der Waals surface area contributed by atoms with Crippen LogP contribution in [-0.4, -0.2) is 38.1 Å². The maximum absolute atomic E-state index is 11.4. The Morgan fingerprint density at radius 1 is 1.10 bits per heavy atom. The second-order valence-corrected chi connectivity index (χ2v) is 6.08. The van der Waals surface area contributed by atoms with Gasteiger partial charge < -0.3 is 15.6 Å². The Morgan fingerprint density at radius 2 is 1.76 bits per heavy atom. The summed E-state index contributed by atoms with van der Waals surface area (Å²) >= 11 is 0. The molecule has 0 heterocycles. The predicted octanol–water partition coefficient (Wildman–Crippen LogP) is 1.20. The molecule has 0 aliphatic carbocycles. The number of hydrogen-bond acceptors (Lipinski definition) is 5. The van der Waals surface area contributed by atoms with Crippen LogP contribution in [0.4, 0.5) is 5.69 Å². The van der Waals surface area contributed by atoms with E-state index in [1.165, 1.54) is 6.07 Å². The average Bonchev–Trinajstić information content (AvgIpc) is 2.41. The third kappa shape index (κ3) is 3.95. The van der Waals surface area contributed by atoms with E-state index in [4.69, 9.17) is 5.02 Å². The van der Waals surface area contributed by atoms with Gasteiger partial charge in [-0.25, -0.2) is 0 Å². The zero-order valence-electron chi connectivity index (χ0n) is 11.6. The first-order chi connectivity index (χ1) is 9.89. The molecule has 0 spiro atoms. The fraction of sp³-hybridized carbons (Fsp3) is 0.231. The number of anilines is 1. The molecule has 0 saturated heterocycles. The molecule has 0 atom stereocenters. The summed E-state index contributed by atoms with van der Waals surface area (Å²) in [5.41, 5.74) is 0.769. The Kier molecular flexibility index (Phi) is 4.84. The van der Waals surface area contributed by atoms with E-state index in [0.717, 1.165) is 5.69 Å². The minimum absolute atomic E-state index is 0.106. The van der Waals surface area contributed by atoms with Gasteiger partial charge in [-0.2, -0.15) is 8.42 Å². The van der Waals surface area contributed by atoms with Gasteiger partial charge in [0.2, 0.25) is 0 Å². The SMILES string of the molecule is CB(O)NCCNc1cccc2c(S(=O)(=O)O)cccc12. The minimum atomic E-state index is -4.26. The maximum atomic E-state index is 11.4. The van der Waals surface area contributed by atoms with Crippen molar-refractivity contribution in [2.75, 3.05) is 18.4 Å². The maximum Gasteiger partial charge on any atom is 0.373 e. The highest BCUT2D eigenvalue weighted by atomic mass is 32.2. The summed E-state index contributed by atoms with van der Waals surface area (Å²) in [4.78, 5) is -0.106. The number of fused-ring (bicyclic) bond motifs is 1. The van der Waals surface area contributed by atoms with Gasteiger partial charge in [0, 0.05) is 29.5 Å². The summed E-state index contributed by atoms with van der Waals surface area (Å²) in [6, 6.07) is 9.95. The number of benzene rings is 2. The van der Waals surface area contributed by atoms with Crippen molar-refractivity contribution in [2.24, 2.45) is 0 Å². The molecular weight excluding hydrogens is 291 g/mol. The second kappa shape index (κ2) is 6.44. The van der Waals surface area contributed by atoms with E-state index in [1.54, 1.807) is 31.1 Å². The molecule has 112 valence electrons. The first kappa shape index (κ1) is 15.8. The van der Waals surface area contributed by atoms with Crippen molar-refractivity contribution in [3.05, 3.63) is 36.4 Å². The van der Waals surface area contributed by atoms with Gasteiger partial charge >= 0.3 is 7.05 Å². The predicted molar refractivity (Wildman–Crippen MR) is 84.1 cm³/mol. The molecule has 0 bridgehead atoms. The fourth-order valence-electron chi connectivity index (χ4n) is 2.14. The molecule has 8 heteroatoms. The quantitative estimate of drug-likeness (QED) is 0.364. The molecule has 2 rings (SSSR count). The molecule has 0 aromatic heterocycles. The van der Waals surface area contributed by atoms with Crippen molar-refractivity contribution in [1.29, 1.82) is 0 Å². The lowest BCUT2D eigenvalue weighted by atomic mass is 9.89. The van der Waals surface area contributed by atoms with Crippen LogP contribution in [-0.2, 0) is 10.1 Å². The highest BCUT2D eigenvalue weighted by Crippen LogP contribution is 2.28. The summed E-state index contributed by atoms with van der Waals surface area (Å²) in [6.07, 6.45) is 0. The van der Waals surface area contributed by atoms with E-state index in [2.05, 4.69) is 10.5 Å². The van der Waals surface area contributed by atoms with E-state index in [-0.39, 0.29) is 4.90 Å². The van der Waals surface area contributed by atoms with Crippen LogP contribution in [0.25, 0.3) is 10.8 Å². The van der Waals surface area contributed by atoms with Crippen molar-refractivity contribution in [3.8, 4) is 0 Å². The van der Waals surface area contributed by atoms with Gasteiger partial charge in [0.1, 0.15) is 4.90 Å². The van der Waals surface area contributed by atoms with Crippen LogP contribution in [0.15, 0.2) is 41.3 Å². The Morgan fingerprint density at radius 3 is 2.43 bits per heavy atom. The number of hydrogen-bond donors (Lipinski definition) is 4. The molecule has 0 aliphatic rings. The Labute approximate surface area is 124 Å². The van der Waals surface area contributed by atoms with Gasteiger partial charge in [-0.3, -0.25) is 4.55 Å². The molecule has 2 aromatic carbocycles. The Bertz CT molecular complexity index is 734. The van der Waals surface area contributed by atoms with Crippen LogP contribution in [0.3, 0.4) is 0 Å². The van der Waals surface area contributed by atoms with E-state index in [9.17, 15) is 13.0 Å². The number of rotatable bonds is 6. The molecule has 6 nitrogen and oxygen atoms in total. The summed E-state index contributed by atoms with van der Waals surface area (Å²) in [6.45, 7) is 2.77. The topological polar surface area (TPSA) is 98.7 Å². The minimum Gasteiger partial charge on any atom is -0.437 e. The van der Waals surface area contributed by atoms with Crippen LogP contribution in [0, 0.1) is 0 Å². The molecule has 0 saturated carbocycles. The molecule has 0 radical (unpaired) electrons. The van der Waals surface area contributed by atoms with Crippen LogP contribution in [0.2, 0.25) is 6.82 Å². The van der Waals surface area contributed by atoms with Crippen molar-refractivity contribution < 1.29 is 18.0 Å². The summed E-state index contributed by atoms with van der Waals surface area (Å²) in [5.74, 6) is 0. The Hall–Kier alpha value is -1.61. The third-order valence-corrected chi connectivity index (χ3v) is 3.95. The summed E-state index contributed by atoms with van der Waals surface area (Å²) < 4.78 is 32.0. The average molecular weight is 308 g/mol. The zero-order valence-corrected chi connectivity index (χ0v) is 12.4. The lowest BCUT2D eigenvalue weighted by Gasteiger charge is -2.12. The van der Waals surface area contributed by atoms with Gasteiger partial charge in [-0.1, -0.05) is 24.3 Å². The monoisotopic (exact) mass is 308 g/mol. The lowest BCUT2D eigenvalue weighted by molar-refractivity contribution is 0.484. The molecule has 21 heavy (non-hydrogen) atoms. The van der Waals surface area contributed by atoms with Gasteiger partial charge in [-0.05, 0) is 19.0 Å². The van der Waals surface area contributed by atoms with Gasteiger partial charge in [0.25, 0.3) is 10.1 Å². The molecule has 2 aromatic rings. The highest BCUT2D eigenvalue weighted by Gasteiger charge is 2.14. The summed E-state index contributed by atoms with van der Waals surface area (Å²) in [7, 11) is -4.83. The van der Waals surface area contributed by atoms with Crippen LogP contribution in [0.5, 0.6) is 0 Å². The molecular formula is C13H17BN2O4S. The van der Waals surface area contributed by atoms with Crippen molar-refractivity contribution >= 4 is 33.6 Å². The first-order valence-electron chi connectivity index (χ1n) is 6.54. The molecule has 0 aliphatic heterocycles. The van der Waals surface area contributed by atoms with Crippen molar-refractivity contribution in [2.45, 2.75) is 11.7 Å². The molecule has 0 amide bonds. The van der Waals surface area contributed by atoms with Crippen molar-refractivity contribution in [3.63, 3.8) is 0 Å². The second-order valence-electron chi connectivity index (χ2n) is 4.69. The standard InChI is InChI=1S/C13H17BN2O4S/c1-14(17)16-9-8-15-12-6-2-5-11-10(12)4-3-7-13(11)21(18,19)20/h2-7,15-17H,8-9H2,1H3,(H,18,19,20). The van der Waals surface area contributed by atoms with Gasteiger partial charge in [-0.15, -0.1) is 0 Å². The van der Waals surface area contributed by atoms with E-state index in [1.807, 2.05) is 6.07 Å². The molecule has 0 unspecified atom stereocenters. The van der Waals surface area contributed by atoms with E-state index in [0.29, 0.717) is 23.9 Å².